The molecule has 3 nitrogen and oxygen atoms in total. The normalized spacial score (nSPS) is 13.1. The van der Waals surface area contributed by atoms with Gasteiger partial charge in [-0.25, -0.2) is 17.6 Å². The van der Waals surface area contributed by atoms with E-state index in [0.29, 0.717) is 6.07 Å². The highest BCUT2D eigenvalue weighted by Crippen LogP contribution is 2.20. The van der Waals surface area contributed by atoms with Crippen LogP contribution in [0.1, 0.15) is 12.5 Å². The fraction of sp³-hybridized carbons (Fsp3) is 0.455. The summed E-state index contributed by atoms with van der Waals surface area (Å²) in [5, 5.41) is 0. The first kappa shape index (κ1) is 16.1. The zero-order chi connectivity index (χ0) is 14.6. The van der Waals surface area contributed by atoms with Crippen molar-refractivity contribution in [1.82, 2.24) is 0 Å². The predicted octanol–water partition coefficient (Wildman–Crippen LogP) is 2.20. The highest BCUT2D eigenvalue weighted by molar-refractivity contribution is 6.36. The van der Waals surface area contributed by atoms with Crippen LogP contribution < -0.4 is 0 Å². The summed E-state index contributed by atoms with van der Waals surface area (Å²) in [6.07, 6.45) is -0.716. The summed E-state index contributed by atoms with van der Waals surface area (Å²) in [7, 11) is 0.462. The van der Waals surface area contributed by atoms with Crippen LogP contribution in [-0.4, -0.2) is 29.9 Å². The second-order valence-electron chi connectivity index (χ2n) is 3.87. The van der Waals surface area contributed by atoms with Gasteiger partial charge in [0, 0.05) is 20.6 Å². The minimum Gasteiger partial charge on any atom is -0.379 e. The molecule has 19 heavy (non-hydrogen) atoms. The maximum atomic E-state index is 13.4. The maximum Gasteiger partial charge on any atom is 0.483 e. The lowest BCUT2D eigenvalue weighted by Gasteiger charge is -2.18. The van der Waals surface area contributed by atoms with Crippen molar-refractivity contribution in [2.45, 2.75) is 19.4 Å². The lowest BCUT2D eigenvalue weighted by Crippen LogP contribution is -2.30. The third kappa shape index (κ3) is 4.00. The third-order valence-corrected chi connectivity index (χ3v) is 3.87. The molecule has 108 valence electrons. The molecule has 0 saturated heterocycles. The quantitative estimate of drug-likeness (QED) is 0.349. The first-order valence-corrected chi connectivity index (χ1v) is 6.85. The summed E-state index contributed by atoms with van der Waals surface area (Å²) in [4.78, 5) is 0. The Balaban J connectivity index is 2.82. The molecule has 0 bridgehead atoms. The summed E-state index contributed by atoms with van der Waals surface area (Å²) >= 11 is 0. The Labute approximate surface area is 110 Å². The summed E-state index contributed by atoms with van der Waals surface area (Å²) in [5.74, 6) is -6.50. The summed E-state index contributed by atoms with van der Waals surface area (Å²) in [6.45, 7) is 1.57. The molecule has 0 aliphatic rings. The van der Waals surface area contributed by atoms with Crippen LogP contribution in [-0.2, 0) is 19.7 Å². The van der Waals surface area contributed by atoms with Gasteiger partial charge in [-0.3, -0.25) is 0 Å². The van der Waals surface area contributed by atoms with Gasteiger partial charge >= 0.3 is 9.53 Å². The van der Waals surface area contributed by atoms with Crippen molar-refractivity contribution in [2.24, 2.45) is 0 Å². The van der Waals surface area contributed by atoms with E-state index < -0.39 is 38.9 Å². The van der Waals surface area contributed by atoms with Gasteiger partial charge in [-0.15, -0.1) is 0 Å². The number of rotatable bonds is 6. The molecule has 0 aromatic heterocycles. The standard InChI is InChI=1S/C11H14F4O3Si/c1-6(18-19(16-2)17-3)4-7-5-8(12)10(14)11(15)9(7)13/h5-6,19H,4H2,1-3H3. The molecule has 0 heterocycles. The van der Waals surface area contributed by atoms with Gasteiger partial charge in [0.2, 0.25) is 0 Å². The highest BCUT2D eigenvalue weighted by Gasteiger charge is 2.22. The molecule has 8 heteroatoms. The molecular weight excluding hydrogens is 284 g/mol. The molecule has 0 amide bonds. The van der Waals surface area contributed by atoms with Crippen LogP contribution in [0.15, 0.2) is 6.07 Å². The van der Waals surface area contributed by atoms with Gasteiger partial charge in [0.25, 0.3) is 0 Å². The van der Waals surface area contributed by atoms with Crippen molar-refractivity contribution in [2.75, 3.05) is 14.2 Å². The van der Waals surface area contributed by atoms with Gasteiger partial charge in [0.05, 0.1) is 6.10 Å². The molecule has 0 aliphatic carbocycles. The Bertz CT molecular complexity index is 440. The number of benzene rings is 1. The lowest BCUT2D eigenvalue weighted by atomic mass is 10.1. The predicted molar refractivity (Wildman–Crippen MR) is 61.7 cm³/mol. The molecular formula is C11H14F4O3Si. The summed E-state index contributed by atoms with van der Waals surface area (Å²) in [6, 6.07) is 0.615. The summed E-state index contributed by atoms with van der Waals surface area (Å²) in [5.41, 5.74) is -0.302. The molecule has 1 aromatic carbocycles. The molecule has 1 unspecified atom stereocenters. The number of hydrogen-bond donors (Lipinski definition) is 0. The molecule has 1 atom stereocenters. The van der Waals surface area contributed by atoms with E-state index >= 15 is 0 Å². The third-order valence-electron chi connectivity index (χ3n) is 2.41. The van der Waals surface area contributed by atoms with E-state index in [0.717, 1.165) is 0 Å². The van der Waals surface area contributed by atoms with Crippen LogP contribution >= 0.6 is 0 Å². The highest BCUT2D eigenvalue weighted by atomic mass is 28.3. The van der Waals surface area contributed by atoms with Gasteiger partial charge in [0.1, 0.15) is 0 Å². The SMILES string of the molecule is CO[SiH](OC)OC(C)Cc1cc(F)c(F)c(F)c1F. The van der Waals surface area contributed by atoms with Crippen molar-refractivity contribution in [3.63, 3.8) is 0 Å². The van der Waals surface area contributed by atoms with Crippen LogP contribution in [0, 0.1) is 23.3 Å². The van der Waals surface area contributed by atoms with Gasteiger partial charge in [-0.1, -0.05) is 0 Å². The van der Waals surface area contributed by atoms with Gasteiger partial charge in [-0.2, -0.15) is 0 Å². The Hall–Kier alpha value is -0.963. The lowest BCUT2D eigenvalue weighted by molar-refractivity contribution is 0.0945. The zero-order valence-corrected chi connectivity index (χ0v) is 11.8. The van der Waals surface area contributed by atoms with Crippen molar-refractivity contribution in [1.29, 1.82) is 0 Å². The average molecular weight is 298 g/mol. The van der Waals surface area contributed by atoms with Gasteiger partial charge in [-0.05, 0) is 18.6 Å². The second kappa shape index (κ2) is 6.99. The van der Waals surface area contributed by atoms with Crippen LogP contribution in [0.25, 0.3) is 0 Å². The van der Waals surface area contributed by atoms with E-state index in [1.165, 1.54) is 14.2 Å². The number of hydrogen-bond acceptors (Lipinski definition) is 3. The van der Waals surface area contributed by atoms with E-state index in [1.807, 2.05) is 0 Å². The Kier molecular flexibility index (Phi) is 5.92. The molecule has 0 fully saturated rings. The zero-order valence-electron chi connectivity index (χ0n) is 10.7. The molecule has 0 radical (unpaired) electrons. The number of halogens is 4. The van der Waals surface area contributed by atoms with Crippen molar-refractivity contribution < 1.29 is 30.8 Å². The Morgan fingerprint density at radius 1 is 1.05 bits per heavy atom. The first-order chi connectivity index (χ1) is 8.90. The smallest absolute Gasteiger partial charge is 0.379 e. The minimum absolute atomic E-state index is 0.129. The van der Waals surface area contributed by atoms with E-state index in [-0.39, 0.29) is 12.0 Å². The van der Waals surface area contributed by atoms with Crippen LogP contribution in [0.3, 0.4) is 0 Å². The fourth-order valence-electron chi connectivity index (χ4n) is 1.53. The molecule has 0 saturated carbocycles. The van der Waals surface area contributed by atoms with Crippen molar-refractivity contribution >= 4 is 9.53 Å². The maximum absolute atomic E-state index is 13.4. The largest absolute Gasteiger partial charge is 0.483 e. The molecule has 0 N–H and O–H groups in total. The van der Waals surface area contributed by atoms with E-state index in [9.17, 15) is 17.6 Å². The van der Waals surface area contributed by atoms with Gasteiger partial charge < -0.3 is 13.3 Å². The van der Waals surface area contributed by atoms with Crippen molar-refractivity contribution in [3.8, 4) is 0 Å². The molecule has 1 aromatic rings. The molecule has 0 spiro atoms. The van der Waals surface area contributed by atoms with E-state index in [2.05, 4.69) is 0 Å². The van der Waals surface area contributed by atoms with Crippen LogP contribution in [0.5, 0.6) is 0 Å². The second-order valence-corrected chi connectivity index (χ2v) is 5.66. The first-order valence-electron chi connectivity index (χ1n) is 5.43. The monoisotopic (exact) mass is 298 g/mol. The van der Waals surface area contributed by atoms with E-state index in [1.54, 1.807) is 6.92 Å². The Morgan fingerprint density at radius 3 is 2.16 bits per heavy atom. The van der Waals surface area contributed by atoms with Gasteiger partial charge in [0.15, 0.2) is 23.3 Å². The molecule has 1 rings (SSSR count). The average Bonchev–Trinajstić information content (AvgIpc) is 2.39. The fourth-order valence-corrected chi connectivity index (χ4v) is 2.42. The van der Waals surface area contributed by atoms with Crippen LogP contribution in [0.2, 0.25) is 0 Å². The van der Waals surface area contributed by atoms with Crippen LogP contribution in [0.4, 0.5) is 17.6 Å². The minimum atomic E-state index is -2.33. The summed E-state index contributed by atoms with van der Waals surface area (Å²) < 4.78 is 67.3. The van der Waals surface area contributed by atoms with E-state index in [4.69, 9.17) is 13.3 Å². The Morgan fingerprint density at radius 2 is 1.63 bits per heavy atom. The topological polar surface area (TPSA) is 27.7 Å². The molecule has 0 aliphatic heterocycles. The van der Waals surface area contributed by atoms with Crippen molar-refractivity contribution in [3.05, 3.63) is 34.9 Å².